The number of carbonyl (C=O) groups is 2. The predicted octanol–water partition coefficient (Wildman–Crippen LogP) is 2.59. The average molecular weight is 348 g/mol. The maximum atomic E-state index is 14.1. The summed E-state index contributed by atoms with van der Waals surface area (Å²) in [6.45, 7) is 3.84. The smallest absolute Gasteiger partial charge is 0.230 e. The van der Waals surface area contributed by atoms with Gasteiger partial charge in [-0.25, -0.2) is 4.39 Å². The highest BCUT2D eigenvalue weighted by Crippen LogP contribution is 2.40. The van der Waals surface area contributed by atoms with E-state index >= 15 is 0 Å². The second-order valence-electron chi connectivity index (χ2n) is 6.99. The van der Waals surface area contributed by atoms with Crippen LogP contribution >= 0.6 is 0 Å². The molecular formula is C19H25FN2O3. The third kappa shape index (κ3) is 3.34. The van der Waals surface area contributed by atoms with Crippen LogP contribution < -0.4 is 4.74 Å². The summed E-state index contributed by atoms with van der Waals surface area (Å²) in [7, 11) is 1.54. The third-order valence-corrected chi connectivity index (χ3v) is 5.45. The van der Waals surface area contributed by atoms with Crippen molar-refractivity contribution in [2.45, 2.75) is 39.2 Å². The topological polar surface area (TPSA) is 49.9 Å². The maximum Gasteiger partial charge on any atom is 0.230 e. The van der Waals surface area contributed by atoms with E-state index in [1.54, 1.807) is 21.9 Å². The first-order valence-corrected chi connectivity index (χ1v) is 8.88. The van der Waals surface area contributed by atoms with Gasteiger partial charge < -0.3 is 14.5 Å². The summed E-state index contributed by atoms with van der Waals surface area (Å²) in [5.74, 6) is 0.395. The Kier molecular flexibility index (Phi) is 4.97. The van der Waals surface area contributed by atoms with Gasteiger partial charge in [-0.05, 0) is 37.5 Å². The molecule has 0 unspecified atom stereocenters. The molecule has 0 N–H and O–H groups in total. The van der Waals surface area contributed by atoms with Crippen LogP contribution in [0.2, 0.25) is 0 Å². The number of nitrogens with zero attached hydrogens (tertiary/aromatic N) is 2. The lowest BCUT2D eigenvalue weighted by molar-refractivity contribution is -0.146. The van der Waals surface area contributed by atoms with E-state index in [1.807, 2.05) is 6.92 Å². The Morgan fingerprint density at radius 2 is 2.12 bits per heavy atom. The Labute approximate surface area is 147 Å². The van der Waals surface area contributed by atoms with Crippen LogP contribution in [0.15, 0.2) is 18.2 Å². The van der Waals surface area contributed by atoms with Gasteiger partial charge in [0.05, 0.1) is 12.5 Å². The minimum Gasteiger partial charge on any atom is -0.497 e. The van der Waals surface area contributed by atoms with Crippen molar-refractivity contribution in [2.75, 3.05) is 26.7 Å². The predicted molar refractivity (Wildman–Crippen MR) is 91.5 cm³/mol. The molecule has 2 fully saturated rings. The lowest BCUT2D eigenvalue weighted by atomic mass is 9.78. The zero-order valence-electron chi connectivity index (χ0n) is 14.9. The molecule has 3 rings (SSSR count). The number of carbonyl (C=O) groups excluding carboxylic acids is 2. The molecule has 136 valence electrons. The molecule has 0 aromatic heterocycles. The summed E-state index contributed by atoms with van der Waals surface area (Å²) in [6.07, 6.45) is 2.85. The van der Waals surface area contributed by atoms with Gasteiger partial charge in [0.15, 0.2) is 0 Å². The van der Waals surface area contributed by atoms with E-state index in [0.29, 0.717) is 43.8 Å². The van der Waals surface area contributed by atoms with Gasteiger partial charge in [0.25, 0.3) is 0 Å². The quantitative estimate of drug-likeness (QED) is 0.840. The normalized spacial score (nSPS) is 23.4. The van der Waals surface area contributed by atoms with Crippen molar-refractivity contribution < 1.29 is 18.7 Å². The first-order valence-electron chi connectivity index (χ1n) is 8.88. The van der Waals surface area contributed by atoms with Gasteiger partial charge in [0.2, 0.25) is 11.8 Å². The van der Waals surface area contributed by atoms with E-state index < -0.39 is 5.41 Å². The molecule has 25 heavy (non-hydrogen) atoms. The lowest BCUT2D eigenvalue weighted by Crippen LogP contribution is -2.50. The van der Waals surface area contributed by atoms with Crippen LogP contribution in [0.3, 0.4) is 0 Å². The highest BCUT2D eigenvalue weighted by Gasteiger charge is 2.49. The lowest BCUT2D eigenvalue weighted by Gasteiger charge is -2.39. The molecule has 1 aromatic rings. The van der Waals surface area contributed by atoms with Crippen molar-refractivity contribution in [2.24, 2.45) is 5.41 Å². The molecule has 2 aliphatic rings. The number of methoxy groups -OCH3 is 1. The number of benzene rings is 1. The standard InChI is InChI=1S/C19H25FN2O3/c1-3-17(23)22-10-8-19(13-22)7-4-9-21(18(19)24)12-14-11-15(25-2)5-6-16(14)20/h5-6,11H,3-4,7-10,12-13H2,1-2H3/t19-/m1/s1. The molecule has 0 saturated carbocycles. The van der Waals surface area contributed by atoms with Crippen molar-refractivity contribution in [1.82, 2.24) is 9.80 Å². The Balaban J connectivity index is 1.76. The van der Waals surface area contributed by atoms with Crippen molar-refractivity contribution in [3.8, 4) is 5.75 Å². The van der Waals surface area contributed by atoms with Gasteiger partial charge in [-0.15, -0.1) is 0 Å². The minimum absolute atomic E-state index is 0.0485. The average Bonchev–Trinajstić information content (AvgIpc) is 3.05. The molecule has 1 spiro atoms. The van der Waals surface area contributed by atoms with Crippen LogP contribution in [0.1, 0.15) is 38.2 Å². The van der Waals surface area contributed by atoms with Gasteiger partial charge in [-0.3, -0.25) is 9.59 Å². The number of hydrogen-bond acceptors (Lipinski definition) is 3. The molecule has 0 aliphatic carbocycles. The number of amides is 2. The largest absolute Gasteiger partial charge is 0.497 e. The first-order chi connectivity index (χ1) is 12.0. The second-order valence-corrected chi connectivity index (χ2v) is 6.99. The molecule has 1 aromatic carbocycles. The third-order valence-electron chi connectivity index (χ3n) is 5.45. The van der Waals surface area contributed by atoms with E-state index in [0.717, 1.165) is 12.8 Å². The molecule has 5 nitrogen and oxygen atoms in total. The summed E-state index contributed by atoms with van der Waals surface area (Å²) < 4.78 is 19.3. The maximum absolute atomic E-state index is 14.1. The summed E-state index contributed by atoms with van der Waals surface area (Å²) in [4.78, 5) is 28.6. The van der Waals surface area contributed by atoms with E-state index in [1.165, 1.54) is 13.2 Å². The Hall–Kier alpha value is -2.11. The molecule has 6 heteroatoms. The Morgan fingerprint density at radius 1 is 1.32 bits per heavy atom. The summed E-state index contributed by atoms with van der Waals surface area (Å²) in [5.41, 5.74) is -0.0254. The number of piperidine rings is 1. The van der Waals surface area contributed by atoms with E-state index in [2.05, 4.69) is 0 Å². The molecule has 2 heterocycles. The highest BCUT2D eigenvalue weighted by atomic mass is 19.1. The van der Waals surface area contributed by atoms with Gasteiger partial charge in [-0.2, -0.15) is 0 Å². The first kappa shape index (κ1) is 17.7. The van der Waals surface area contributed by atoms with Crippen LogP contribution in [0.25, 0.3) is 0 Å². The van der Waals surface area contributed by atoms with Gasteiger partial charge in [0, 0.05) is 38.2 Å². The summed E-state index contributed by atoms with van der Waals surface area (Å²) in [6, 6.07) is 4.59. The number of likely N-dealkylation sites (tertiary alicyclic amines) is 2. The fourth-order valence-electron chi connectivity index (χ4n) is 4.00. The van der Waals surface area contributed by atoms with Crippen LogP contribution in [0.5, 0.6) is 5.75 Å². The zero-order valence-corrected chi connectivity index (χ0v) is 14.9. The van der Waals surface area contributed by atoms with Gasteiger partial charge in [0.1, 0.15) is 11.6 Å². The zero-order chi connectivity index (χ0) is 18.0. The number of ether oxygens (including phenoxy) is 1. The molecule has 2 aliphatic heterocycles. The van der Waals surface area contributed by atoms with Crippen molar-refractivity contribution in [3.63, 3.8) is 0 Å². The summed E-state index contributed by atoms with van der Waals surface area (Å²) >= 11 is 0. The molecule has 1 atom stereocenters. The Bertz CT molecular complexity index is 679. The summed E-state index contributed by atoms with van der Waals surface area (Å²) in [5, 5.41) is 0. The van der Waals surface area contributed by atoms with E-state index in [4.69, 9.17) is 4.74 Å². The van der Waals surface area contributed by atoms with Crippen molar-refractivity contribution >= 4 is 11.8 Å². The van der Waals surface area contributed by atoms with Gasteiger partial charge in [-0.1, -0.05) is 6.92 Å². The van der Waals surface area contributed by atoms with Crippen molar-refractivity contribution in [3.05, 3.63) is 29.6 Å². The van der Waals surface area contributed by atoms with E-state index in [-0.39, 0.29) is 24.2 Å². The number of rotatable bonds is 4. The number of halogens is 1. The monoisotopic (exact) mass is 348 g/mol. The molecule has 0 bridgehead atoms. The van der Waals surface area contributed by atoms with Crippen LogP contribution in [0, 0.1) is 11.2 Å². The molecule has 2 amide bonds. The molecule has 0 radical (unpaired) electrons. The SMILES string of the molecule is CCC(=O)N1CC[C@]2(CCCN(Cc3cc(OC)ccc3F)C2=O)C1. The van der Waals surface area contributed by atoms with E-state index in [9.17, 15) is 14.0 Å². The minimum atomic E-state index is -0.488. The molecule has 2 saturated heterocycles. The fraction of sp³-hybridized carbons (Fsp3) is 0.579. The molecular weight excluding hydrogens is 323 g/mol. The van der Waals surface area contributed by atoms with Crippen LogP contribution in [-0.4, -0.2) is 48.4 Å². The Morgan fingerprint density at radius 3 is 2.84 bits per heavy atom. The second kappa shape index (κ2) is 7.02. The van der Waals surface area contributed by atoms with Gasteiger partial charge >= 0.3 is 0 Å². The van der Waals surface area contributed by atoms with Crippen LogP contribution in [0.4, 0.5) is 4.39 Å². The number of hydrogen-bond donors (Lipinski definition) is 0. The fourth-order valence-corrected chi connectivity index (χ4v) is 4.00. The van der Waals surface area contributed by atoms with Crippen LogP contribution in [-0.2, 0) is 16.1 Å². The highest BCUT2D eigenvalue weighted by molar-refractivity contribution is 5.86. The van der Waals surface area contributed by atoms with Crippen molar-refractivity contribution in [1.29, 1.82) is 0 Å².